The predicted octanol–water partition coefficient (Wildman–Crippen LogP) is 2.52. The Hall–Kier alpha value is -1.95. The maximum atomic E-state index is 12.6. The molecule has 1 aliphatic rings. The van der Waals surface area contributed by atoms with Crippen LogP contribution in [-0.4, -0.2) is 23.0 Å². The van der Waals surface area contributed by atoms with Crippen LogP contribution >= 0.6 is 0 Å². The molecule has 1 aromatic carbocycles. The van der Waals surface area contributed by atoms with Gasteiger partial charge in [-0.15, -0.1) is 0 Å². The molecule has 0 radical (unpaired) electrons. The maximum Gasteiger partial charge on any atom is 0.331 e. The van der Waals surface area contributed by atoms with Crippen LogP contribution in [0.2, 0.25) is 0 Å². The van der Waals surface area contributed by atoms with Crippen LogP contribution in [0.1, 0.15) is 39.2 Å². The Kier molecular flexibility index (Phi) is 4.00. The first-order valence-corrected chi connectivity index (χ1v) is 6.98. The number of carbonyl (C=O) groups excluding carboxylic acids is 1. The van der Waals surface area contributed by atoms with Crippen molar-refractivity contribution in [2.75, 3.05) is 6.54 Å². The van der Waals surface area contributed by atoms with Crippen molar-refractivity contribution in [2.24, 2.45) is 0 Å². The first-order chi connectivity index (χ1) is 9.74. The van der Waals surface area contributed by atoms with Crippen LogP contribution in [0.3, 0.4) is 0 Å². The van der Waals surface area contributed by atoms with Gasteiger partial charge in [-0.1, -0.05) is 0 Å². The van der Waals surface area contributed by atoms with E-state index in [2.05, 4.69) is 5.32 Å². The zero-order valence-corrected chi connectivity index (χ0v) is 12.5. The maximum absolute atomic E-state index is 12.6. The summed E-state index contributed by atoms with van der Waals surface area (Å²) in [6.45, 7) is 6.19. The predicted molar refractivity (Wildman–Crippen MR) is 77.9 cm³/mol. The zero-order valence-electron chi connectivity index (χ0n) is 12.5. The molecule has 1 aromatic rings. The number of hydrogen-bond donors (Lipinski definition) is 1. The van der Waals surface area contributed by atoms with Crippen LogP contribution in [0, 0.1) is 10.1 Å². The number of nitrogens with zero attached hydrogens (tertiary/aromatic N) is 1. The average molecular weight is 292 g/mol. The fourth-order valence-electron chi connectivity index (χ4n) is 2.52. The van der Waals surface area contributed by atoms with Crippen molar-refractivity contribution in [3.63, 3.8) is 0 Å². The number of esters is 1. The van der Waals surface area contributed by atoms with Crippen LogP contribution in [0.15, 0.2) is 24.3 Å². The number of benzene rings is 1. The topological polar surface area (TPSA) is 81.5 Å². The van der Waals surface area contributed by atoms with E-state index in [1.54, 1.807) is 12.1 Å². The summed E-state index contributed by atoms with van der Waals surface area (Å²) in [6, 6.07) is 6.09. The molecule has 0 amide bonds. The summed E-state index contributed by atoms with van der Waals surface area (Å²) in [5.41, 5.74) is -0.756. The summed E-state index contributed by atoms with van der Waals surface area (Å²) in [4.78, 5) is 22.9. The normalized spacial score (nSPS) is 22.0. The van der Waals surface area contributed by atoms with Crippen LogP contribution in [0.4, 0.5) is 5.69 Å². The Balaban J connectivity index is 2.34. The number of ether oxygens (including phenoxy) is 1. The lowest BCUT2D eigenvalue weighted by Gasteiger charge is -2.31. The molecule has 1 saturated heterocycles. The molecule has 1 aliphatic heterocycles. The van der Waals surface area contributed by atoms with E-state index >= 15 is 0 Å². The van der Waals surface area contributed by atoms with E-state index in [1.807, 2.05) is 20.8 Å². The van der Waals surface area contributed by atoms with Gasteiger partial charge in [-0.25, -0.2) is 4.79 Å². The number of nitrogens with one attached hydrogen (secondary N) is 1. The molecule has 1 atom stereocenters. The van der Waals surface area contributed by atoms with Crippen molar-refractivity contribution in [3.8, 4) is 0 Å². The Morgan fingerprint density at radius 3 is 2.38 bits per heavy atom. The molecular weight excluding hydrogens is 272 g/mol. The van der Waals surface area contributed by atoms with Gasteiger partial charge in [0.25, 0.3) is 5.69 Å². The van der Waals surface area contributed by atoms with Gasteiger partial charge in [0.05, 0.1) is 4.92 Å². The van der Waals surface area contributed by atoms with Gasteiger partial charge in [-0.2, -0.15) is 0 Å². The van der Waals surface area contributed by atoms with E-state index in [-0.39, 0.29) is 11.7 Å². The summed E-state index contributed by atoms with van der Waals surface area (Å²) in [5, 5.41) is 13.9. The quantitative estimate of drug-likeness (QED) is 0.526. The number of carbonyl (C=O) groups is 1. The van der Waals surface area contributed by atoms with Crippen LogP contribution < -0.4 is 5.32 Å². The summed E-state index contributed by atoms with van der Waals surface area (Å²) >= 11 is 0. The minimum Gasteiger partial charge on any atom is -0.458 e. The smallest absolute Gasteiger partial charge is 0.331 e. The van der Waals surface area contributed by atoms with Crippen molar-refractivity contribution in [3.05, 3.63) is 39.9 Å². The molecule has 0 saturated carbocycles. The number of non-ortho nitro benzene ring substituents is 1. The third-order valence-corrected chi connectivity index (χ3v) is 3.47. The molecule has 2 rings (SSSR count). The van der Waals surface area contributed by atoms with E-state index in [0.29, 0.717) is 12.0 Å². The summed E-state index contributed by atoms with van der Waals surface area (Å²) in [7, 11) is 0. The molecule has 0 aliphatic carbocycles. The third-order valence-electron chi connectivity index (χ3n) is 3.47. The van der Waals surface area contributed by atoms with Gasteiger partial charge in [0.1, 0.15) is 11.1 Å². The molecule has 0 aromatic heterocycles. The molecule has 21 heavy (non-hydrogen) atoms. The fraction of sp³-hybridized carbons (Fsp3) is 0.533. The highest BCUT2D eigenvalue weighted by Gasteiger charge is 2.45. The molecule has 1 unspecified atom stereocenters. The number of rotatable bonds is 3. The molecular formula is C15H20N2O4. The highest BCUT2D eigenvalue weighted by Crippen LogP contribution is 2.34. The van der Waals surface area contributed by atoms with Gasteiger partial charge < -0.3 is 4.74 Å². The minimum atomic E-state index is -0.900. The van der Waals surface area contributed by atoms with Gasteiger partial charge in [0.2, 0.25) is 0 Å². The largest absolute Gasteiger partial charge is 0.458 e. The lowest BCUT2D eigenvalue weighted by atomic mass is 9.88. The Labute approximate surface area is 123 Å². The van der Waals surface area contributed by atoms with Crippen molar-refractivity contribution in [1.29, 1.82) is 0 Å². The SMILES string of the molecule is CC(C)(C)OC(=O)C1(c2ccc([N+](=O)[O-])cc2)CCCN1. The summed E-state index contributed by atoms with van der Waals surface area (Å²) in [5.74, 6) is -0.332. The second-order valence-electron chi connectivity index (χ2n) is 6.24. The van der Waals surface area contributed by atoms with Crippen molar-refractivity contribution in [1.82, 2.24) is 5.32 Å². The third kappa shape index (κ3) is 3.21. The van der Waals surface area contributed by atoms with E-state index in [1.165, 1.54) is 12.1 Å². The zero-order chi connectivity index (χ0) is 15.7. The van der Waals surface area contributed by atoms with Crippen LogP contribution in [-0.2, 0) is 15.1 Å². The number of nitro benzene ring substituents is 1. The van der Waals surface area contributed by atoms with E-state index in [0.717, 1.165) is 13.0 Å². The molecule has 6 heteroatoms. The van der Waals surface area contributed by atoms with Crippen molar-refractivity contribution < 1.29 is 14.5 Å². The first-order valence-electron chi connectivity index (χ1n) is 6.98. The van der Waals surface area contributed by atoms with E-state index in [4.69, 9.17) is 4.74 Å². The Morgan fingerprint density at radius 2 is 1.95 bits per heavy atom. The lowest BCUT2D eigenvalue weighted by molar-refractivity contribution is -0.384. The second-order valence-corrected chi connectivity index (χ2v) is 6.24. The summed E-state index contributed by atoms with van der Waals surface area (Å²) in [6.07, 6.45) is 1.48. The second kappa shape index (κ2) is 5.44. The highest BCUT2D eigenvalue weighted by molar-refractivity contribution is 5.83. The molecule has 1 heterocycles. The lowest BCUT2D eigenvalue weighted by Crippen LogP contribution is -2.48. The molecule has 1 N–H and O–H groups in total. The summed E-state index contributed by atoms with van der Waals surface area (Å²) < 4.78 is 5.52. The Morgan fingerprint density at radius 1 is 1.33 bits per heavy atom. The van der Waals surface area contributed by atoms with Gasteiger partial charge in [0.15, 0.2) is 0 Å². The molecule has 114 valence electrons. The van der Waals surface area contributed by atoms with Gasteiger partial charge in [-0.05, 0) is 57.9 Å². The highest BCUT2D eigenvalue weighted by atomic mass is 16.6. The minimum absolute atomic E-state index is 0.0103. The molecule has 0 bridgehead atoms. The van der Waals surface area contributed by atoms with Crippen molar-refractivity contribution in [2.45, 2.75) is 44.8 Å². The first kappa shape index (κ1) is 15.4. The Bertz CT molecular complexity index is 540. The van der Waals surface area contributed by atoms with Gasteiger partial charge in [0, 0.05) is 12.1 Å². The molecule has 1 fully saturated rings. The fourth-order valence-corrected chi connectivity index (χ4v) is 2.52. The number of nitro groups is 1. The molecule has 6 nitrogen and oxygen atoms in total. The van der Waals surface area contributed by atoms with E-state index in [9.17, 15) is 14.9 Å². The van der Waals surface area contributed by atoms with Crippen molar-refractivity contribution >= 4 is 11.7 Å². The van der Waals surface area contributed by atoms with Crippen LogP contribution in [0.5, 0.6) is 0 Å². The number of hydrogen-bond acceptors (Lipinski definition) is 5. The molecule has 0 spiro atoms. The van der Waals surface area contributed by atoms with Gasteiger partial charge in [-0.3, -0.25) is 15.4 Å². The van der Waals surface area contributed by atoms with E-state index < -0.39 is 16.1 Å². The van der Waals surface area contributed by atoms with Gasteiger partial charge >= 0.3 is 5.97 Å². The van der Waals surface area contributed by atoms with Crippen LogP contribution in [0.25, 0.3) is 0 Å². The monoisotopic (exact) mass is 292 g/mol. The standard InChI is InChI=1S/C15H20N2O4/c1-14(2,3)21-13(18)15(9-4-10-16-15)11-5-7-12(8-6-11)17(19)20/h5-8,16H,4,9-10H2,1-3H3. The average Bonchev–Trinajstić information content (AvgIpc) is 2.87.